The molecule has 1 aliphatic rings. The molecule has 1 N–H and O–H groups in total. The Hall–Kier alpha value is -2.01. The molecule has 106 valence electrons. The molecule has 1 aromatic heterocycles. The average Bonchev–Trinajstić information content (AvgIpc) is 2.86. The van der Waals surface area contributed by atoms with E-state index in [2.05, 4.69) is 15.0 Å². The number of hydrogen-bond donors (Lipinski definition) is 1. The normalized spacial score (nSPS) is 16.6. The number of aromatic nitrogens is 1. The predicted octanol–water partition coefficient (Wildman–Crippen LogP) is 2.01. The van der Waals surface area contributed by atoms with Crippen LogP contribution in [0.4, 0.5) is 5.69 Å². The number of aromatic hydroxyl groups is 1. The van der Waals surface area contributed by atoms with Crippen LogP contribution < -0.4 is 4.90 Å². The van der Waals surface area contributed by atoms with Crippen molar-refractivity contribution in [3.05, 3.63) is 41.8 Å². The van der Waals surface area contributed by atoms with E-state index in [0.717, 1.165) is 49.9 Å². The van der Waals surface area contributed by atoms with E-state index in [0.29, 0.717) is 5.75 Å². The lowest BCUT2D eigenvalue weighted by molar-refractivity contribution is 0.219. The third-order valence-corrected chi connectivity index (χ3v) is 3.64. The summed E-state index contributed by atoms with van der Waals surface area (Å²) in [4.78, 5) is 4.71. The molecule has 0 bridgehead atoms. The Bertz CT molecular complexity index is 557. The number of rotatable bonds is 3. The third kappa shape index (κ3) is 2.93. The summed E-state index contributed by atoms with van der Waals surface area (Å²) >= 11 is 0. The van der Waals surface area contributed by atoms with Crippen LogP contribution in [0.25, 0.3) is 0 Å². The Morgan fingerprint density at radius 1 is 1.15 bits per heavy atom. The summed E-state index contributed by atoms with van der Waals surface area (Å²) in [6, 6.07) is 9.39. The Labute approximate surface area is 118 Å². The van der Waals surface area contributed by atoms with Crippen molar-refractivity contribution in [3.8, 4) is 5.75 Å². The zero-order valence-electron chi connectivity index (χ0n) is 11.6. The van der Waals surface area contributed by atoms with Gasteiger partial charge in [0, 0.05) is 37.9 Å². The zero-order chi connectivity index (χ0) is 13.9. The maximum absolute atomic E-state index is 9.32. The number of piperazine rings is 1. The molecule has 5 heteroatoms. The maximum atomic E-state index is 9.32. The molecule has 1 aromatic carbocycles. The van der Waals surface area contributed by atoms with E-state index in [-0.39, 0.29) is 0 Å². The van der Waals surface area contributed by atoms with Gasteiger partial charge in [-0.3, -0.25) is 4.90 Å². The molecule has 0 unspecified atom stereocenters. The van der Waals surface area contributed by atoms with Crippen LogP contribution in [-0.4, -0.2) is 41.3 Å². The van der Waals surface area contributed by atoms with Gasteiger partial charge in [-0.25, -0.2) is 0 Å². The summed E-state index contributed by atoms with van der Waals surface area (Å²) in [5.41, 5.74) is 2.10. The first-order valence-corrected chi connectivity index (χ1v) is 6.89. The van der Waals surface area contributed by atoms with Crippen LogP contribution in [0.15, 0.2) is 34.9 Å². The number of benzene rings is 1. The quantitative estimate of drug-likeness (QED) is 0.927. The first kappa shape index (κ1) is 13.0. The third-order valence-electron chi connectivity index (χ3n) is 3.64. The van der Waals surface area contributed by atoms with Crippen LogP contribution in [0.3, 0.4) is 0 Å². The van der Waals surface area contributed by atoms with Gasteiger partial charge in [-0.1, -0.05) is 5.16 Å². The lowest BCUT2D eigenvalue weighted by Crippen LogP contribution is -2.45. The fraction of sp³-hybridized carbons (Fsp3) is 0.400. The molecular formula is C15H19N3O2. The molecule has 0 saturated carbocycles. The summed E-state index contributed by atoms with van der Waals surface area (Å²) in [5, 5.41) is 13.2. The lowest BCUT2D eigenvalue weighted by atomic mass is 10.2. The van der Waals surface area contributed by atoms with Crippen LogP contribution in [0.1, 0.15) is 11.5 Å². The van der Waals surface area contributed by atoms with Crippen LogP contribution in [0.2, 0.25) is 0 Å². The van der Waals surface area contributed by atoms with Gasteiger partial charge < -0.3 is 14.5 Å². The fourth-order valence-electron chi connectivity index (χ4n) is 2.54. The summed E-state index contributed by atoms with van der Waals surface area (Å²) in [5.74, 6) is 1.24. The Morgan fingerprint density at radius 3 is 2.45 bits per heavy atom. The smallest absolute Gasteiger partial charge is 0.150 e. The van der Waals surface area contributed by atoms with Crippen LogP contribution in [0.5, 0.6) is 5.75 Å². The summed E-state index contributed by atoms with van der Waals surface area (Å²) in [7, 11) is 0. The number of phenolic OH excluding ortho intramolecular Hbond substituents is 1. The van der Waals surface area contributed by atoms with Gasteiger partial charge in [0.1, 0.15) is 5.75 Å². The van der Waals surface area contributed by atoms with E-state index in [4.69, 9.17) is 4.52 Å². The Morgan fingerprint density at radius 2 is 1.85 bits per heavy atom. The topological polar surface area (TPSA) is 52.7 Å². The molecule has 1 aliphatic heterocycles. The highest BCUT2D eigenvalue weighted by atomic mass is 16.5. The molecule has 0 aliphatic carbocycles. The van der Waals surface area contributed by atoms with Crippen LogP contribution >= 0.6 is 0 Å². The molecule has 2 heterocycles. The van der Waals surface area contributed by atoms with Gasteiger partial charge in [0.25, 0.3) is 0 Å². The SMILES string of the molecule is Cc1cc(CN2CCN(c3ccc(O)cc3)CC2)on1. The van der Waals surface area contributed by atoms with Crippen LogP contribution in [0, 0.1) is 6.92 Å². The molecule has 0 radical (unpaired) electrons. The monoisotopic (exact) mass is 273 g/mol. The minimum absolute atomic E-state index is 0.313. The van der Waals surface area contributed by atoms with Crippen molar-refractivity contribution in [2.75, 3.05) is 31.1 Å². The highest BCUT2D eigenvalue weighted by Crippen LogP contribution is 2.20. The molecule has 5 nitrogen and oxygen atoms in total. The molecule has 2 aromatic rings. The maximum Gasteiger partial charge on any atom is 0.150 e. The van der Waals surface area contributed by atoms with E-state index in [1.54, 1.807) is 12.1 Å². The van der Waals surface area contributed by atoms with E-state index in [1.165, 1.54) is 0 Å². The minimum atomic E-state index is 0.313. The van der Waals surface area contributed by atoms with E-state index < -0.39 is 0 Å². The van der Waals surface area contributed by atoms with E-state index >= 15 is 0 Å². The molecular weight excluding hydrogens is 254 g/mol. The standard InChI is InChI=1S/C15H19N3O2/c1-12-10-15(20-16-12)11-17-6-8-18(9-7-17)13-2-4-14(19)5-3-13/h2-5,10,19H,6-9,11H2,1H3. The van der Waals surface area contributed by atoms with Gasteiger partial charge in [-0.15, -0.1) is 0 Å². The van der Waals surface area contributed by atoms with Gasteiger partial charge in [-0.2, -0.15) is 0 Å². The fourth-order valence-corrected chi connectivity index (χ4v) is 2.54. The Kier molecular flexibility index (Phi) is 3.60. The molecule has 1 fully saturated rings. The van der Waals surface area contributed by atoms with Gasteiger partial charge in [0.15, 0.2) is 5.76 Å². The summed E-state index contributed by atoms with van der Waals surface area (Å²) < 4.78 is 5.26. The second-order valence-electron chi connectivity index (χ2n) is 5.21. The lowest BCUT2D eigenvalue weighted by Gasteiger charge is -2.35. The summed E-state index contributed by atoms with van der Waals surface area (Å²) in [6.07, 6.45) is 0. The number of nitrogens with zero attached hydrogens (tertiary/aromatic N) is 3. The average molecular weight is 273 g/mol. The molecule has 0 spiro atoms. The van der Waals surface area contributed by atoms with Crippen molar-refractivity contribution in [3.63, 3.8) is 0 Å². The number of anilines is 1. The number of hydrogen-bond acceptors (Lipinski definition) is 5. The van der Waals surface area contributed by atoms with Gasteiger partial charge in [0.2, 0.25) is 0 Å². The first-order valence-electron chi connectivity index (χ1n) is 6.89. The Balaban J connectivity index is 1.55. The van der Waals surface area contributed by atoms with Crippen molar-refractivity contribution in [2.24, 2.45) is 0 Å². The van der Waals surface area contributed by atoms with Gasteiger partial charge in [0.05, 0.1) is 12.2 Å². The van der Waals surface area contributed by atoms with Crippen molar-refractivity contribution in [2.45, 2.75) is 13.5 Å². The predicted molar refractivity (Wildman–Crippen MR) is 76.8 cm³/mol. The number of aryl methyl sites for hydroxylation is 1. The van der Waals surface area contributed by atoms with Gasteiger partial charge >= 0.3 is 0 Å². The highest BCUT2D eigenvalue weighted by Gasteiger charge is 2.18. The molecule has 20 heavy (non-hydrogen) atoms. The van der Waals surface area contributed by atoms with Crippen molar-refractivity contribution < 1.29 is 9.63 Å². The molecule has 3 rings (SSSR count). The summed E-state index contributed by atoms with van der Waals surface area (Å²) in [6.45, 7) is 6.73. The van der Waals surface area contributed by atoms with Crippen molar-refractivity contribution in [1.29, 1.82) is 0 Å². The van der Waals surface area contributed by atoms with Crippen LogP contribution in [-0.2, 0) is 6.54 Å². The minimum Gasteiger partial charge on any atom is -0.508 e. The van der Waals surface area contributed by atoms with Crippen molar-refractivity contribution in [1.82, 2.24) is 10.1 Å². The second-order valence-corrected chi connectivity index (χ2v) is 5.21. The largest absolute Gasteiger partial charge is 0.508 e. The second kappa shape index (κ2) is 5.54. The zero-order valence-corrected chi connectivity index (χ0v) is 11.6. The molecule has 0 amide bonds. The van der Waals surface area contributed by atoms with E-state index in [9.17, 15) is 5.11 Å². The first-order chi connectivity index (χ1) is 9.70. The number of phenols is 1. The highest BCUT2D eigenvalue weighted by molar-refractivity contribution is 5.49. The molecule has 1 saturated heterocycles. The van der Waals surface area contributed by atoms with E-state index in [1.807, 2.05) is 25.1 Å². The molecule has 0 atom stereocenters. The van der Waals surface area contributed by atoms with Crippen molar-refractivity contribution >= 4 is 5.69 Å². The van der Waals surface area contributed by atoms with Gasteiger partial charge in [-0.05, 0) is 31.2 Å².